The van der Waals surface area contributed by atoms with Crippen LogP contribution in [0.15, 0.2) is 0 Å². The maximum Gasteiger partial charge on any atom is 0.246 e. The highest BCUT2D eigenvalue weighted by Gasteiger charge is 2.46. The molecule has 4 heteroatoms. The second-order valence-corrected chi connectivity index (χ2v) is 5.00. The van der Waals surface area contributed by atoms with Crippen LogP contribution in [0.4, 0.5) is 0 Å². The molecule has 0 aromatic heterocycles. The predicted octanol–water partition coefficient (Wildman–Crippen LogP) is 0.910. The van der Waals surface area contributed by atoms with Crippen molar-refractivity contribution in [3.8, 4) is 0 Å². The van der Waals surface area contributed by atoms with E-state index in [4.69, 9.17) is 0 Å². The summed E-state index contributed by atoms with van der Waals surface area (Å²) in [4.78, 5) is 25.8. The molecule has 0 spiro atoms. The molecule has 3 atom stereocenters. The van der Waals surface area contributed by atoms with E-state index in [2.05, 4.69) is 5.32 Å². The molecule has 1 N–H and O–H groups in total. The number of piperazine rings is 1. The van der Waals surface area contributed by atoms with Gasteiger partial charge in [0.05, 0.1) is 0 Å². The lowest BCUT2D eigenvalue weighted by Crippen LogP contribution is -2.65. The van der Waals surface area contributed by atoms with Gasteiger partial charge in [0.15, 0.2) is 0 Å². The minimum Gasteiger partial charge on any atom is -0.342 e. The summed E-state index contributed by atoms with van der Waals surface area (Å²) in [5.74, 6) is 0.497. The van der Waals surface area contributed by atoms with Crippen molar-refractivity contribution in [3.63, 3.8) is 0 Å². The highest BCUT2D eigenvalue weighted by Crippen LogP contribution is 2.35. The van der Waals surface area contributed by atoms with Gasteiger partial charge in [-0.05, 0) is 39.0 Å². The molecule has 0 radical (unpaired) electrons. The van der Waals surface area contributed by atoms with Crippen molar-refractivity contribution in [2.24, 2.45) is 5.92 Å². The normalized spacial score (nSPS) is 32.6. The van der Waals surface area contributed by atoms with E-state index in [1.165, 1.54) is 0 Å². The lowest BCUT2D eigenvalue weighted by Gasteiger charge is -2.41. The van der Waals surface area contributed by atoms with Gasteiger partial charge in [-0.25, -0.2) is 0 Å². The van der Waals surface area contributed by atoms with Crippen LogP contribution in [0.25, 0.3) is 0 Å². The number of carbonyl (C=O) groups is 2. The van der Waals surface area contributed by atoms with Gasteiger partial charge in [-0.15, -0.1) is 0 Å². The molecule has 0 bridgehead atoms. The monoisotopic (exact) mass is 224 g/mol. The molecule has 2 fully saturated rings. The summed E-state index contributed by atoms with van der Waals surface area (Å²) in [6.07, 6.45) is 3.03. The molecule has 1 aliphatic carbocycles. The van der Waals surface area contributed by atoms with Crippen molar-refractivity contribution in [1.82, 2.24) is 10.2 Å². The average Bonchev–Trinajstić information content (AvgIpc) is 3.07. The van der Waals surface area contributed by atoms with E-state index in [9.17, 15) is 9.59 Å². The molecule has 1 saturated heterocycles. The summed E-state index contributed by atoms with van der Waals surface area (Å²) < 4.78 is 0. The summed E-state index contributed by atoms with van der Waals surface area (Å²) >= 11 is 0. The first-order chi connectivity index (χ1) is 7.56. The fraction of sp³-hybridized carbons (Fsp3) is 0.833. The van der Waals surface area contributed by atoms with Crippen LogP contribution in [-0.2, 0) is 9.59 Å². The van der Waals surface area contributed by atoms with Gasteiger partial charge in [0.25, 0.3) is 0 Å². The van der Waals surface area contributed by atoms with E-state index in [1.807, 2.05) is 20.8 Å². The highest BCUT2D eigenvalue weighted by atomic mass is 16.2. The zero-order chi connectivity index (χ0) is 11.9. The summed E-state index contributed by atoms with van der Waals surface area (Å²) in [5.41, 5.74) is 0. The molecule has 1 heterocycles. The van der Waals surface area contributed by atoms with Crippen molar-refractivity contribution in [2.45, 2.75) is 58.2 Å². The van der Waals surface area contributed by atoms with Crippen molar-refractivity contribution < 1.29 is 9.59 Å². The molecule has 16 heavy (non-hydrogen) atoms. The van der Waals surface area contributed by atoms with E-state index in [1.54, 1.807) is 4.90 Å². The van der Waals surface area contributed by atoms with Gasteiger partial charge in [0, 0.05) is 6.04 Å². The summed E-state index contributed by atoms with van der Waals surface area (Å²) in [6, 6.07) is -0.426. The van der Waals surface area contributed by atoms with Crippen LogP contribution in [0.1, 0.15) is 40.0 Å². The van der Waals surface area contributed by atoms with Crippen molar-refractivity contribution in [3.05, 3.63) is 0 Å². The SMILES string of the molecule is CCC(C)N1C(=O)C(C2CC2)NC(=O)C1C. The largest absolute Gasteiger partial charge is 0.342 e. The third-order valence-corrected chi connectivity index (χ3v) is 3.77. The Morgan fingerprint density at radius 2 is 2.06 bits per heavy atom. The van der Waals surface area contributed by atoms with Crippen LogP contribution >= 0.6 is 0 Å². The molecule has 1 aliphatic heterocycles. The second kappa shape index (κ2) is 4.07. The fourth-order valence-corrected chi connectivity index (χ4v) is 2.36. The third kappa shape index (κ3) is 1.81. The maximum atomic E-state index is 12.3. The topological polar surface area (TPSA) is 49.4 Å². The number of amides is 2. The van der Waals surface area contributed by atoms with Crippen molar-refractivity contribution >= 4 is 11.8 Å². The highest BCUT2D eigenvalue weighted by molar-refractivity contribution is 5.97. The first kappa shape index (κ1) is 11.4. The van der Waals surface area contributed by atoms with Gasteiger partial charge >= 0.3 is 0 Å². The Morgan fingerprint density at radius 1 is 1.44 bits per heavy atom. The van der Waals surface area contributed by atoms with Gasteiger partial charge in [0.1, 0.15) is 12.1 Å². The van der Waals surface area contributed by atoms with Crippen LogP contribution in [0.3, 0.4) is 0 Å². The Bertz CT molecular complexity index is 312. The Labute approximate surface area is 96.4 Å². The molecule has 2 rings (SSSR count). The van der Waals surface area contributed by atoms with E-state index >= 15 is 0 Å². The second-order valence-electron chi connectivity index (χ2n) is 5.00. The molecular weight excluding hydrogens is 204 g/mol. The predicted molar refractivity (Wildman–Crippen MR) is 60.7 cm³/mol. The summed E-state index contributed by atoms with van der Waals surface area (Å²) in [6.45, 7) is 5.86. The quantitative estimate of drug-likeness (QED) is 0.774. The van der Waals surface area contributed by atoms with Gasteiger partial charge in [-0.3, -0.25) is 9.59 Å². The minimum absolute atomic E-state index is 0.00296. The molecule has 90 valence electrons. The number of hydrogen-bond donors (Lipinski definition) is 1. The number of nitrogens with zero attached hydrogens (tertiary/aromatic N) is 1. The molecule has 1 saturated carbocycles. The zero-order valence-electron chi connectivity index (χ0n) is 10.2. The van der Waals surface area contributed by atoms with Gasteiger partial charge in [-0.1, -0.05) is 6.92 Å². The van der Waals surface area contributed by atoms with Crippen molar-refractivity contribution in [2.75, 3.05) is 0 Å². The lowest BCUT2D eigenvalue weighted by molar-refractivity contribution is -0.151. The average molecular weight is 224 g/mol. The Kier molecular flexibility index (Phi) is 2.91. The summed E-state index contributed by atoms with van der Waals surface area (Å²) in [5, 5.41) is 2.86. The van der Waals surface area contributed by atoms with Gasteiger partial charge in [0.2, 0.25) is 11.8 Å². The maximum absolute atomic E-state index is 12.3. The van der Waals surface area contributed by atoms with E-state index < -0.39 is 0 Å². The number of hydrogen-bond acceptors (Lipinski definition) is 2. The molecule has 3 unspecified atom stereocenters. The fourth-order valence-electron chi connectivity index (χ4n) is 2.36. The first-order valence-corrected chi connectivity index (χ1v) is 6.18. The number of carbonyl (C=O) groups excluding carboxylic acids is 2. The smallest absolute Gasteiger partial charge is 0.246 e. The Hall–Kier alpha value is -1.06. The molecule has 4 nitrogen and oxygen atoms in total. The van der Waals surface area contributed by atoms with Crippen LogP contribution in [0, 0.1) is 5.92 Å². The van der Waals surface area contributed by atoms with Crippen LogP contribution in [0.5, 0.6) is 0 Å². The standard InChI is InChI=1S/C12H20N2O2/c1-4-7(2)14-8(3)11(15)13-10(12(14)16)9-5-6-9/h7-10H,4-6H2,1-3H3,(H,13,15). The minimum atomic E-state index is -0.322. The zero-order valence-corrected chi connectivity index (χ0v) is 10.2. The van der Waals surface area contributed by atoms with Gasteiger partial charge < -0.3 is 10.2 Å². The number of rotatable bonds is 3. The molecule has 0 aromatic carbocycles. The van der Waals surface area contributed by atoms with Crippen LogP contribution in [0.2, 0.25) is 0 Å². The van der Waals surface area contributed by atoms with E-state index in [0.29, 0.717) is 5.92 Å². The van der Waals surface area contributed by atoms with E-state index in [-0.39, 0.29) is 29.9 Å². The molecular formula is C12H20N2O2. The third-order valence-electron chi connectivity index (χ3n) is 3.77. The van der Waals surface area contributed by atoms with E-state index in [0.717, 1.165) is 19.3 Å². The van der Waals surface area contributed by atoms with Crippen LogP contribution < -0.4 is 5.32 Å². The molecule has 0 aromatic rings. The molecule has 2 amide bonds. The lowest BCUT2D eigenvalue weighted by atomic mass is 10.0. The Morgan fingerprint density at radius 3 is 2.56 bits per heavy atom. The van der Waals surface area contributed by atoms with Crippen LogP contribution in [-0.4, -0.2) is 34.8 Å². The van der Waals surface area contributed by atoms with Crippen molar-refractivity contribution in [1.29, 1.82) is 0 Å². The van der Waals surface area contributed by atoms with Gasteiger partial charge in [-0.2, -0.15) is 0 Å². The Balaban J connectivity index is 2.18. The number of nitrogens with one attached hydrogen (secondary N) is 1. The summed E-state index contributed by atoms with van der Waals surface area (Å²) in [7, 11) is 0. The molecule has 2 aliphatic rings. The first-order valence-electron chi connectivity index (χ1n) is 6.18.